The second-order valence-corrected chi connectivity index (χ2v) is 4.54. The molecule has 0 saturated carbocycles. The van der Waals surface area contributed by atoms with Crippen LogP contribution in [0.15, 0.2) is 0 Å². The first kappa shape index (κ1) is 9.95. The number of rotatable bonds is 2. The van der Waals surface area contributed by atoms with Crippen LogP contribution in [0.4, 0.5) is 0 Å². The minimum Gasteiger partial charge on any atom is -0.256 e. The summed E-state index contributed by atoms with van der Waals surface area (Å²) in [5.41, 5.74) is 3.60. The Balaban J connectivity index is 2.42. The van der Waals surface area contributed by atoms with E-state index in [4.69, 9.17) is 18.0 Å². The molecule has 0 bridgehead atoms. The number of hydrogen-bond acceptors (Lipinski definition) is 2. The summed E-state index contributed by atoms with van der Waals surface area (Å²) in [6, 6.07) is 0. The van der Waals surface area contributed by atoms with Gasteiger partial charge in [-0.3, -0.25) is 4.68 Å². The van der Waals surface area contributed by atoms with Gasteiger partial charge >= 0.3 is 0 Å². The van der Waals surface area contributed by atoms with Crippen LogP contribution in [0.5, 0.6) is 0 Å². The Morgan fingerprint density at radius 2 is 2.50 bits per heavy atom. The molecule has 2 rings (SSSR count). The van der Waals surface area contributed by atoms with E-state index in [1.807, 2.05) is 16.4 Å². The van der Waals surface area contributed by atoms with Crippen molar-refractivity contribution in [2.45, 2.75) is 24.6 Å². The fourth-order valence-electron chi connectivity index (χ4n) is 1.67. The largest absolute Gasteiger partial charge is 0.256 e. The predicted molar refractivity (Wildman–Crippen MR) is 60.5 cm³/mol. The van der Waals surface area contributed by atoms with E-state index in [2.05, 4.69) is 11.0 Å². The van der Waals surface area contributed by atoms with E-state index in [9.17, 15) is 0 Å². The molecule has 14 heavy (non-hydrogen) atoms. The Bertz CT molecular complexity index is 378. The molecule has 1 aliphatic heterocycles. The number of aromatic nitrogens is 2. The van der Waals surface area contributed by atoms with E-state index in [1.165, 1.54) is 11.3 Å². The summed E-state index contributed by atoms with van der Waals surface area (Å²) in [6.45, 7) is 0.528. The van der Waals surface area contributed by atoms with Crippen LogP contribution in [-0.4, -0.2) is 15.5 Å². The van der Waals surface area contributed by atoms with E-state index in [1.54, 1.807) is 0 Å². The molecule has 0 atom stereocenters. The van der Waals surface area contributed by atoms with E-state index in [-0.39, 0.29) is 0 Å². The summed E-state index contributed by atoms with van der Waals surface area (Å²) in [6.07, 6.45) is 6.33. The molecule has 2 heterocycles. The lowest BCUT2D eigenvalue weighted by molar-refractivity contribution is 0.675. The van der Waals surface area contributed by atoms with Crippen molar-refractivity contribution in [1.82, 2.24) is 9.78 Å². The third-order valence-corrected chi connectivity index (χ3v) is 3.59. The first-order valence-electron chi connectivity index (χ1n) is 4.51. The Labute approximate surface area is 93.0 Å². The average molecular weight is 227 g/mol. The Hall–Kier alpha value is -0.590. The van der Waals surface area contributed by atoms with Crippen LogP contribution in [0, 0.1) is 12.3 Å². The molecule has 0 spiro atoms. The maximum atomic E-state index is 5.91. The number of halogens is 1. The van der Waals surface area contributed by atoms with Crippen molar-refractivity contribution < 1.29 is 0 Å². The normalized spacial score (nSPS) is 14.9. The van der Waals surface area contributed by atoms with Gasteiger partial charge in [0.25, 0.3) is 0 Å². The third-order valence-electron chi connectivity index (χ3n) is 2.35. The van der Waals surface area contributed by atoms with Crippen molar-refractivity contribution in [3.05, 3.63) is 17.0 Å². The van der Waals surface area contributed by atoms with Gasteiger partial charge in [-0.05, 0) is 5.75 Å². The molecular formula is C10H11ClN2S. The van der Waals surface area contributed by atoms with E-state index < -0.39 is 0 Å². The van der Waals surface area contributed by atoms with Gasteiger partial charge in [-0.15, -0.1) is 18.0 Å². The van der Waals surface area contributed by atoms with Gasteiger partial charge < -0.3 is 0 Å². The summed E-state index contributed by atoms with van der Waals surface area (Å²) in [5.74, 6) is 5.29. The zero-order valence-electron chi connectivity index (χ0n) is 7.79. The van der Waals surface area contributed by atoms with Gasteiger partial charge in [0.15, 0.2) is 0 Å². The smallest absolute Gasteiger partial charge is 0.102 e. The maximum Gasteiger partial charge on any atom is 0.102 e. The van der Waals surface area contributed by atoms with Gasteiger partial charge in [-0.25, -0.2) is 0 Å². The molecule has 0 amide bonds. The number of aryl methyl sites for hydroxylation is 1. The molecule has 1 aromatic rings. The molecule has 74 valence electrons. The highest BCUT2D eigenvalue weighted by Crippen LogP contribution is 2.27. The predicted octanol–water partition coefficient (Wildman–Crippen LogP) is 2.04. The van der Waals surface area contributed by atoms with Crippen molar-refractivity contribution in [2.24, 2.45) is 0 Å². The zero-order chi connectivity index (χ0) is 9.97. The van der Waals surface area contributed by atoms with Crippen molar-refractivity contribution in [2.75, 3.05) is 5.75 Å². The maximum absolute atomic E-state index is 5.91. The lowest BCUT2D eigenvalue weighted by Gasteiger charge is -2.09. The quantitative estimate of drug-likeness (QED) is 0.568. The van der Waals surface area contributed by atoms with Gasteiger partial charge in [-0.1, -0.05) is 5.92 Å². The molecular weight excluding hydrogens is 216 g/mol. The van der Waals surface area contributed by atoms with Crippen LogP contribution in [0.3, 0.4) is 0 Å². The first-order valence-corrected chi connectivity index (χ1v) is 6.20. The first-order chi connectivity index (χ1) is 6.86. The monoisotopic (exact) mass is 226 g/mol. The lowest BCUT2D eigenvalue weighted by atomic mass is 10.2. The Morgan fingerprint density at radius 1 is 1.64 bits per heavy atom. The molecule has 1 aliphatic rings. The lowest BCUT2D eigenvalue weighted by Crippen LogP contribution is -2.02. The van der Waals surface area contributed by atoms with Crippen LogP contribution < -0.4 is 0 Å². The molecule has 1 aromatic heterocycles. The summed E-state index contributed by atoms with van der Waals surface area (Å²) in [4.78, 5) is 0. The summed E-state index contributed by atoms with van der Waals surface area (Å²) in [5, 5.41) is 4.49. The van der Waals surface area contributed by atoms with Crippen molar-refractivity contribution in [1.29, 1.82) is 0 Å². The minimum absolute atomic E-state index is 0.505. The van der Waals surface area contributed by atoms with E-state index >= 15 is 0 Å². The van der Waals surface area contributed by atoms with Gasteiger partial charge in [-0.2, -0.15) is 16.9 Å². The zero-order valence-corrected chi connectivity index (χ0v) is 9.37. The van der Waals surface area contributed by atoms with Crippen LogP contribution in [-0.2, 0) is 24.6 Å². The van der Waals surface area contributed by atoms with Crippen LogP contribution in [0.25, 0.3) is 0 Å². The Kier molecular flexibility index (Phi) is 3.05. The number of fused-ring (bicyclic) bond motifs is 1. The van der Waals surface area contributed by atoms with Gasteiger partial charge in [0.1, 0.15) is 6.54 Å². The van der Waals surface area contributed by atoms with Crippen molar-refractivity contribution >= 4 is 23.4 Å². The molecule has 0 radical (unpaired) electrons. The number of thioether (sulfide) groups is 1. The highest BCUT2D eigenvalue weighted by Gasteiger charge is 2.19. The van der Waals surface area contributed by atoms with Crippen LogP contribution in [0.2, 0.25) is 0 Å². The van der Waals surface area contributed by atoms with Crippen LogP contribution in [0.1, 0.15) is 17.0 Å². The van der Waals surface area contributed by atoms with Gasteiger partial charge in [0.2, 0.25) is 0 Å². The molecule has 2 nitrogen and oxygen atoms in total. The van der Waals surface area contributed by atoms with Crippen molar-refractivity contribution in [3.8, 4) is 12.3 Å². The number of alkyl halides is 1. The number of terminal acetylenes is 1. The van der Waals surface area contributed by atoms with Gasteiger partial charge in [0.05, 0.1) is 17.3 Å². The van der Waals surface area contributed by atoms with Crippen molar-refractivity contribution in [3.63, 3.8) is 0 Å². The molecule has 0 unspecified atom stereocenters. The molecule has 0 fully saturated rings. The highest BCUT2D eigenvalue weighted by atomic mass is 35.5. The summed E-state index contributed by atoms with van der Waals surface area (Å²) >= 11 is 7.84. The van der Waals surface area contributed by atoms with Gasteiger partial charge in [0, 0.05) is 17.7 Å². The average Bonchev–Trinajstić information content (AvgIpc) is 2.55. The number of nitrogens with zero attached hydrogens (tertiary/aromatic N) is 2. The van der Waals surface area contributed by atoms with E-state index in [0.717, 1.165) is 23.6 Å². The fraction of sp³-hybridized carbons (Fsp3) is 0.500. The standard InChI is InChI=1S/C10H11ClN2S/c1-2-4-13-10(6-11)8-7-14-5-3-9(8)12-13/h1H,3-7H2. The summed E-state index contributed by atoms with van der Waals surface area (Å²) in [7, 11) is 0. The molecule has 0 aliphatic carbocycles. The Morgan fingerprint density at radius 3 is 3.21 bits per heavy atom. The van der Waals surface area contributed by atoms with Crippen LogP contribution >= 0.6 is 23.4 Å². The molecule has 4 heteroatoms. The highest BCUT2D eigenvalue weighted by molar-refractivity contribution is 7.98. The third kappa shape index (κ3) is 1.65. The SMILES string of the molecule is C#CCn1nc2c(c1CCl)CSCC2. The molecule has 0 aromatic carbocycles. The second-order valence-electron chi connectivity index (χ2n) is 3.17. The fourth-order valence-corrected chi connectivity index (χ4v) is 2.98. The summed E-state index contributed by atoms with van der Waals surface area (Å²) < 4.78 is 1.86. The second kappa shape index (κ2) is 4.29. The molecule has 0 N–H and O–H groups in total. The minimum atomic E-state index is 0.505. The topological polar surface area (TPSA) is 17.8 Å². The molecule has 0 saturated heterocycles. The number of hydrogen-bond donors (Lipinski definition) is 0. The van der Waals surface area contributed by atoms with E-state index in [0.29, 0.717) is 12.4 Å².